The zero-order valence-electron chi connectivity index (χ0n) is 15.6. The summed E-state index contributed by atoms with van der Waals surface area (Å²) < 4.78 is 1.43. The summed E-state index contributed by atoms with van der Waals surface area (Å²) in [6.07, 6.45) is 0. The second-order valence-corrected chi connectivity index (χ2v) is 7.81. The molecule has 0 fully saturated rings. The fourth-order valence-corrected chi connectivity index (χ4v) is 3.30. The number of thioether (sulfide) groups is 1. The zero-order chi connectivity index (χ0) is 19.4. The Morgan fingerprint density at radius 3 is 2.30 bits per heavy atom. The lowest BCUT2D eigenvalue weighted by atomic mass is 10.1. The number of amides is 1. The molecule has 3 aromatic rings. The average molecular weight is 382 g/mol. The maximum Gasteiger partial charge on any atom is 0.233 e. The number of carbonyl (C=O) groups excluding carboxylic acids is 1. The molecular formula is C20H23N5OS. The monoisotopic (exact) mass is 381 g/mol. The van der Waals surface area contributed by atoms with Gasteiger partial charge in [0, 0.05) is 12.1 Å². The molecule has 0 saturated carbocycles. The van der Waals surface area contributed by atoms with E-state index in [4.69, 9.17) is 5.84 Å². The fourth-order valence-electron chi connectivity index (χ4n) is 2.51. The molecule has 3 rings (SSSR count). The number of nitrogen functional groups attached to an aromatic ring is 1. The van der Waals surface area contributed by atoms with Crippen LogP contribution in [-0.4, -0.2) is 26.0 Å². The maximum atomic E-state index is 12.4. The Labute approximate surface area is 163 Å². The molecule has 0 spiro atoms. The van der Waals surface area contributed by atoms with Crippen LogP contribution in [0.1, 0.15) is 23.6 Å². The molecular weight excluding hydrogens is 358 g/mol. The first-order chi connectivity index (χ1) is 12.9. The number of hydrogen-bond donors (Lipinski definition) is 2. The maximum absolute atomic E-state index is 12.4. The van der Waals surface area contributed by atoms with Crippen LogP contribution in [0.5, 0.6) is 0 Å². The molecule has 0 radical (unpaired) electrons. The van der Waals surface area contributed by atoms with Crippen molar-refractivity contribution in [3.8, 4) is 11.4 Å². The summed E-state index contributed by atoms with van der Waals surface area (Å²) >= 11 is 1.29. The highest BCUT2D eigenvalue weighted by Crippen LogP contribution is 2.25. The van der Waals surface area contributed by atoms with Crippen molar-refractivity contribution >= 4 is 17.7 Å². The lowest BCUT2D eigenvalue weighted by molar-refractivity contribution is -0.120. The van der Waals surface area contributed by atoms with Crippen LogP contribution in [0.25, 0.3) is 11.4 Å². The highest BCUT2D eigenvalue weighted by atomic mass is 32.2. The first-order valence-electron chi connectivity index (χ1n) is 8.71. The highest BCUT2D eigenvalue weighted by Gasteiger charge is 2.19. The first kappa shape index (κ1) is 19.0. The van der Waals surface area contributed by atoms with Gasteiger partial charge in [-0.05, 0) is 26.3 Å². The Kier molecular flexibility index (Phi) is 5.81. The van der Waals surface area contributed by atoms with Gasteiger partial charge in [-0.2, -0.15) is 0 Å². The number of hydrogen-bond acceptors (Lipinski definition) is 5. The summed E-state index contributed by atoms with van der Waals surface area (Å²) in [5.41, 5.74) is 4.31. The van der Waals surface area contributed by atoms with Crippen molar-refractivity contribution in [1.82, 2.24) is 20.2 Å². The van der Waals surface area contributed by atoms with E-state index in [9.17, 15) is 4.79 Å². The molecule has 1 aromatic heterocycles. The molecule has 1 heterocycles. The van der Waals surface area contributed by atoms with Gasteiger partial charge in [0.25, 0.3) is 0 Å². The van der Waals surface area contributed by atoms with E-state index in [-0.39, 0.29) is 11.2 Å². The summed E-state index contributed by atoms with van der Waals surface area (Å²) in [6.45, 7) is 6.38. The van der Waals surface area contributed by atoms with E-state index in [0.717, 1.165) is 16.7 Å². The highest BCUT2D eigenvalue weighted by molar-refractivity contribution is 8.00. The van der Waals surface area contributed by atoms with Gasteiger partial charge in [0.05, 0.1) is 5.25 Å². The molecule has 0 bridgehead atoms. The van der Waals surface area contributed by atoms with Crippen LogP contribution < -0.4 is 11.2 Å². The third-order valence-electron chi connectivity index (χ3n) is 4.21. The number of nitrogens with two attached hydrogens (primary N) is 1. The van der Waals surface area contributed by atoms with E-state index in [1.54, 1.807) is 0 Å². The summed E-state index contributed by atoms with van der Waals surface area (Å²) in [7, 11) is 0. The molecule has 7 heteroatoms. The van der Waals surface area contributed by atoms with Crippen molar-refractivity contribution < 1.29 is 4.79 Å². The number of nitrogens with zero attached hydrogens (tertiary/aromatic N) is 3. The van der Waals surface area contributed by atoms with E-state index >= 15 is 0 Å². The third kappa shape index (κ3) is 4.68. The SMILES string of the molecule is Cc1ccc(CNC(=O)C(C)Sc2nnc(-c3ccc(C)cc3)n2N)cc1. The van der Waals surface area contributed by atoms with Crippen molar-refractivity contribution in [1.29, 1.82) is 0 Å². The standard InChI is InChI=1S/C20H23N5OS/c1-13-4-8-16(9-5-13)12-22-19(26)15(3)27-20-24-23-18(25(20)21)17-10-6-14(2)7-11-17/h4-11,15H,12,21H2,1-3H3,(H,22,26). The van der Waals surface area contributed by atoms with Crippen molar-refractivity contribution in [2.75, 3.05) is 5.84 Å². The number of carbonyl (C=O) groups is 1. The molecule has 1 amide bonds. The quantitative estimate of drug-likeness (QED) is 0.506. The fraction of sp³-hybridized carbons (Fsp3) is 0.250. The van der Waals surface area contributed by atoms with Crippen LogP contribution in [0.4, 0.5) is 0 Å². The lowest BCUT2D eigenvalue weighted by Gasteiger charge is -2.12. The molecule has 6 nitrogen and oxygen atoms in total. The molecule has 0 aliphatic rings. The molecule has 2 aromatic carbocycles. The molecule has 3 N–H and O–H groups in total. The second-order valence-electron chi connectivity index (χ2n) is 6.51. The van der Waals surface area contributed by atoms with Gasteiger partial charge in [0.15, 0.2) is 5.82 Å². The Morgan fingerprint density at radius 1 is 1.07 bits per heavy atom. The smallest absolute Gasteiger partial charge is 0.233 e. The van der Waals surface area contributed by atoms with Gasteiger partial charge >= 0.3 is 0 Å². The first-order valence-corrected chi connectivity index (χ1v) is 9.59. The van der Waals surface area contributed by atoms with Crippen molar-refractivity contribution in [2.24, 2.45) is 0 Å². The van der Waals surface area contributed by atoms with E-state index < -0.39 is 0 Å². The van der Waals surface area contributed by atoms with E-state index in [0.29, 0.717) is 17.5 Å². The molecule has 1 unspecified atom stereocenters. The van der Waals surface area contributed by atoms with E-state index in [1.807, 2.05) is 69.3 Å². The third-order valence-corrected chi connectivity index (χ3v) is 5.27. The molecule has 140 valence electrons. The van der Waals surface area contributed by atoms with Crippen LogP contribution in [0, 0.1) is 13.8 Å². The minimum absolute atomic E-state index is 0.0690. The van der Waals surface area contributed by atoms with E-state index in [2.05, 4.69) is 15.5 Å². The van der Waals surface area contributed by atoms with Gasteiger partial charge in [-0.1, -0.05) is 71.4 Å². The Morgan fingerprint density at radius 2 is 1.67 bits per heavy atom. The van der Waals surface area contributed by atoms with Crippen molar-refractivity contribution in [3.05, 3.63) is 65.2 Å². The normalized spacial score (nSPS) is 12.0. The Balaban J connectivity index is 1.61. The minimum atomic E-state index is -0.340. The van der Waals surface area contributed by atoms with Gasteiger partial charge in [0.2, 0.25) is 11.1 Å². The predicted molar refractivity (Wildman–Crippen MR) is 109 cm³/mol. The molecule has 0 saturated heterocycles. The summed E-state index contributed by atoms with van der Waals surface area (Å²) in [4.78, 5) is 12.4. The van der Waals surface area contributed by atoms with Crippen molar-refractivity contribution in [3.63, 3.8) is 0 Å². The van der Waals surface area contributed by atoms with Crippen LogP contribution in [0.3, 0.4) is 0 Å². The van der Waals surface area contributed by atoms with Crippen LogP contribution in [0.15, 0.2) is 53.7 Å². The molecule has 27 heavy (non-hydrogen) atoms. The van der Waals surface area contributed by atoms with E-state index in [1.165, 1.54) is 22.0 Å². The van der Waals surface area contributed by atoms with Crippen LogP contribution >= 0.6 is 11.8 Å². The topological polar surface area (TPSA) is 85.8 Å². The Hall–Kier alpha value is -2.80. The summed E-state index contributed by atoms with van der Waals surface area (Å²) in [6, 6.07) is 16.0. The number of benzene rings is 2. The number of nitrogens with one attached hydrogen (secondary N) is 1. The van der Waals surface area contributed by atoms with Gasteiger partial charge in [-0.25, -0.2) is 4.68 Å². The van der Waals surface area contributed by atoms with Gasteiger partial charge in [0.1, 0.15) is 0 Å². The second kappa shape index (κ2) is 8.26. The minimum Gasteiger partial charge on any atom is -0.351 e. The number of aryl methyl sites for hydroxylation is 2. The summed E-state index contributed by atoms with van der Waals surface area (Å²) in [5, 5.41) is 11.4. The van der Waals surface area contributed by atoms with Gasteiger partial charge in [-0.3, -0.25) is 4.79 Å². The van der Waals surface area contributed by atoms with Gasteiger partial charge in [-0.15, -0.1) is 10.2 Å². The van der Waals surface area contributed by atoms with Gasteiger partial charge < -0.3 is 11.2 Å². The zero-order valence-corrected chi connectivity index (χ0v) is 16.5. The molecule has 0 aliphatic heterocycles. The molecule has 0 aliphatic carbocycles. The van der Waals surface area contributed by atoms with Crippen molar-refractivity contribution in [2.45, 2.75) is 37.7 Å². The summed E-state index contributed by atoms with van der Waals surface area (Å²) in [5.74, 6) is 6.64. The largest absolute Gasteiger partial charge is 0.351 e. The predicted octanol–water partition coefficient (Wildman–Crippen LogP) is 3.07. The average Bonchev–Trinajstić information content (AvgIpc) is 3.02. The van der Waals surface area contributed by atoms with Crippen LogP contribution in [-0.2, 0) is 11.3 Å². The number of rotatable bonds is 6. The number of aromatic nitrogens is 3. The Bertz CT molecular complexity index is 919. The molecule has 1 atom stereocenters. The lowest BCUT2D eigenvalue weighted by Crippen LogP contribution is -2.30. The van der Waals surface area contributed by atoms with Crippen LogP contribution in [0.2, 0.25) is 0 Å².